The number of aryl methyl sites for hydroxylation is 1. The molecular weight excluding hydrogens is 388 g/mol. The summed E-state index contributed by atoms with van der Waals surface area (Å²) in [6.07, 6.45) is 2.37. The highest BCUT2D eigenvalue weighted by molar-refractivity contribution is 7.17. The van der Waals surface area contributed by atoms with Crippen LogP contribution in [0.25, 0.3) is 0 Å². The Morgan fingerprint density at radius 3 is 2.78 bits per heavy atom. The zero-order valence-corrected chi connectivity index (χ0v) is 17.6. The molecule has 2 aromatic rings. The third kappa shape index (κ3) is 4.17. The lowest BCUT2D eigenvalue weighted by Crippen LogP contribution is -2.35. The van der Waals surface area contributed by atoms with Crippen LogP contribution in [-0.4, -0.2) is 46.3 Å². The number of rotatable bonds is 5. The van der Waals surface area contributed by atoms with Crippen molar-refractivity contribution in [2.75, 3.05) is 19.0 Å². The Balaban J connectivity index is 0.00000261. The quantitative estimate of drug-likeness (QED) is 0.763. The molecule has 27 heavy (non-hydrogen) atoms. The number of carbonyl (C=O) groups is 2. The molecule has 0 unspecified atom stereocenters. The number of halogens is 1. The molecule has 1 aliphatic rings. The van der Waals surface area contributed by atoms with Crippen molar-refractivity contribution in [3.63, 3.8) is 0 Å². The van der Waals surface area contributed by atoms with Crippen LogP contribution >= 0.6 is 23.7 Å². The Morgan fingerprint density at radius 1 is 1.41 bits per heavy atom. The predicted molar refractivity (Wildman–Crippen MR) is 108 cm³/mol. The van der Waals surface area contributed by atoms with E-state index in [-0.39, 0.29) is 18.3 Å². The third-order valence-corrected chi connectivity index (χ3v) is 5.81. The maximum absolute atomic E-state index is 12.7. The van der Waals surface area contributed by atoms with Crippen molar-refractivity contribution < 1.29 is 14.3 Å². The van der Waals surface area contributed by atoms with Gasteiger partial charge in [-0.3, -0.25) is 14.4 Å². The maximum atomic E-state index is 12.7. The van der Waals surface area contributed by atoms with Crippen LogP contribution in [0.5, 0.6) is 0 Å². The van der Waals surface area contributed by atoms with Gasteiger partial charge in [-0.2, -0.15) is 5.10 Å². The third-order valence-electron chi connectivity index (χ3n) is 4.68. The molecule has 0 fully saturated rings. The molecule has 0 aliphatic carbocycles. The molecule has 3 rings (SSSR count). The molecular formula is C18H25ClN4O3S. The van der Waals surface area contributed by atoms with E-state index in [9.17, 15) is 9.59 Å². The fourth-order valence-corrected chi connectivity index (χ4v) is 4.47. The number of amides is 1. The van der Waals surface area contributed by atoms with E-state index in [1.165, 1.54) is 18.4 Å². The van der Waals surface area contributed by atoms with Crippen LogP contribution in [0.1, 0.15) is 52.1 Å². The number of anilines is 1. The molecule has 0 spiro atoms. The molecule has 0 aromatic carbocycles. The van der Waals surface area contributed by atoms with Gasteiger partial charge in [-0.05, 0) is 38.8 Å². The number of hydrogen-bond acceptors (Lipinski definition) is 6. The van der Waals surface area contributed by atoms with Gasteiger partial charge in [0.2, 0.25) is 0 Å². The van der Waals surface area contributed by atoms with E-state index in [1.54, 1.807) is 16.9 Å². The minimum atomic E-state index is -0.403. The van der Waals surface area contributed by atoms with Crippen LogP contribution in [-0.2, 0) is 24.2 Å². The van der Waals surface area contributed by atoms with E-state index >= 15 is 0 Å². The van der Waals surface area contributed by atoms with E-state index < -0.39 is 5.97 Å². The minimum Gasteiger partial charge on any atom is -0.465 e. The highest BCUT2D eigenvalue weighted by Crippen LogP contribution is 2.38. The summed E-state index contributed by atoms with van der Waals surface area (Å²) in [6, 6.07) is 2.11. The Morgan fingerprint density at radius 2 is 2.15 bits per heavy atom. The first kappa shape index (κ1) is 21.4. The van der Waals surface area contributed by atoms with Crippen molar-refractivity contribution in [1.82, 2.24) is 14.7 Å². The first-order chi connectivity index (χ1) is 12.5. The summed E-state index contributed by atoms with van der Waals surface area (Å²) < 4.78 is 6.60. The van der Waals surface area contributed by atoms with Gasteiger partial charge in [0.15, 0.2) is 0 Å². The second kappa shape index (κ2) is 8.86. The lowest BCUT2D eigenvalue weighted by Gasteiger charge is -2.30. The number of ether oxygens (including phenoxy) is 1. The number of esters is 1. The first-order valence-electron chi connectivity index (χ1n) is 8.76. The second-order valence-electron chi connectivity index (χ2n) is 6.50. The summed E-state index contributed by atoms with van der Waals surface area (Å²) in [5.41, 5.74) is 1.96. The highest BCUT2D eigenvalue weighted by Gasteiger charge is 2.30. The van der Waals surface area contributed by atoms with Gasteiger partial charge in [-0.15, -0.1) is 23.7 Å². The van der Waals surface area contributed by atoms with Gasteiger partial charge in [0.25, 0.3) is 5.91 Å². The van der Waals surface area contributed by atoms with Crippen LogP contribution in [0.3, 0.4) is 0 Å². The zero-order chi connectivity index (χ0) is 18.8. The van der Waals surface area contributed by atoms with E-state index in [4.69, 9.17) is 4.74 Å². The standard InChI is InChI=1S/C18H24N4O3S.ClH/c1-5-22-13(6-8-19-22)16(23)20-17-15(18(24)25-4)12-7-9-21(11(2)3)10-14(12)26-17;/h6,8,11H,5,7,9-10H2,1-4H3,(H,20,23);1H. The van der Waals surface area contributed by atoms with Crippen LogP contribution < -0.4 is 5.32 Å². The highest BCUT2D eigenvalue weighted by atomic mass is 35.5. The number of nitrogens with zero attached hydrogens (tertiary/aromatic N) is 3. The van der Waals surface area contributed by atoms with Crippen molar-refractivity contribution in [1.29, 1.82) is 0 Å². The van der Waals surface area contributed by atoms with Crippen molar-refractivity contribution in [3.05, 3.63) is 34.0 Å². The minimum absolute atomic E-state index is 0. The zero-order valence-electron chi connectivity index (χ0n) is 15.9. The maximum Gasteiger partial charge on any atom is 0.341 e. The Hall–Kier alpha value is -1.90. The van der Waals surface area contributed by atoms with Gasteiger partial charge in [-0.25, -0.2) is 4.79 Å². The lowest BCUT2D eigenvalue weighted by atomic mass is 10.0. The Bertz CT molecular complexity index is 831. The van der Waals surface area contributed by atoms with Crippen molar-refractivity contribution >= 4 is 40.6 Å². The number of hydrogen-bond donors (Lipinski definition) is 1. The van der Waals surface area contributed by atoms with Crippen LogP contribution in [0.4, 0.5) is 5.00 Å². The van der Waals surface area contributed by atoms with Crippen LogP contribution in [0, 0.1) is 0 Å². The van der Waals surface area contributed by atoms with E-state index in [0.29, 0.717) is 28.8 Å². The van der Waals surface area contributed by atoms with Gasteiger partial charge in [0.1, 0.15) is 10.7 Å². The van der Waals surface area contributed by atoms with E-state index in [1.807, 2.05) is 6.92 Å². The number of fused-ring (bicyclic) bond motifs is 1. The normalized spacial score (nSPS) is 13.8. The molecule has 0 atom stereocenters. The topological polar surface area (TPSA) is 76.5 Å². The monoisotopic (exact) mass is 412 g/mol. The Labute approximate surface area is 169 Å². The molecule has 148 valence electrons. The van der Waals surface area contributed by atoms with Crippen LogP contribution in [0.15, 0.2) is 12.3 Å². The molecule has 0 radical (unpaired) electrons. The first-order valence-corrected chi connectivity index (χ1v) is 9.57. The van der Waals surface area contributed by atoms with Crippen molar-refractivity contribution in [3.8, 4) is 0 Å². The summed E-state index contributed by atoms with van der Waals surface area (Å²) in [4.78, 5) is 28.5. The fourth-order valence-electron chi connectivity index (χ4n) is 3.21. The molecule has 3 heterocycles. The molecule has 0 bridgehead atoms. The van der Waals surface area contributed by atoms with Gasteiger partial charge < -0.3 is 10.1 Å². The lowest BCUT2D eigenvalue weighted by molar-refractivity contribution is 0.0600. The van der Waals surface area contributed by atoms with Gasteiger partial charge in [0, 0.05) is 36.8 Å². The largest absolute Gasteiger partial charge is 0.465 e. The molecule has 9 heteroatoms. The van der Waals surface area contributed by atoms with Crippen LogP contribution in [0.2, 0.25) is 0 Å². The van der Waals surface area contributed by atoms with Gasteiger partial charge >= 0.3 is 5.97 Å². The SMILES string of the molecule is CCn1nccc1C(=O)Nc1sc2c(c1C(=O)OC)CCN(C(C)C)C2.Cl. The Kier molecular flexibility index (Phi) is 7.02. The summed E-state index contributed by atoms with van der Waals surface area (Å²) in [5.74, 6) is -0.673. The fraction of sp³-hybridized carbons (Fsp3) is 0.500. The van der Waals surface area contributed by atoms with Gasteiger partial charge in [-0.1, -0.05) is 0 Å². The molecule has 0 saturated heterocycles. The number of nitrogens with one attached hydrogen (secondary N) is 1. The number of carbonyl (C=O) groups excluding carboxylic acids is 2. The number of thiophene rings is 1. The average Bonchev–Trinajstić information content (AvgIpc) is 3.24. The van der Waals surface area contributed by atoms with Gasteiger partial charge in [0.05, 0.1) is 12.7 Å². The molecule has 2 aromatic heterocycles. The molecule has 1 aliphatic heterocycles. The number of methoxy groups -OCH3 is 1. The van der Waals surface area contributed by atoms with Crippen molar-refractivity contribution in [2.45, 2.75) is 46.3 Å². The number of aromatic nitrogens is 2. The summed E-state index contributed by atoms with van der Waals surface area (Å²) in [6.45, 7) is 8.52. The van der Waals surface area contributed by atoms with Crippen molar-refractivity contribution in [2.24, 2.45) is 0 Å². The summed E-state index contributed by atoms with van der Waals surface area (Å²) >= 11 is 1.46. The average molecular weight is 413 g/mol. The molecule has 7 nitrogen and oxygen atoms in total. The predicted octanol–water partition coefficient (Wildman–Crippen LogP) is 3.19. The van der Waals surface area contributed by atoms with E-state index in [2.05, 4.69) is 29.2 Å². The summed E-state index contributed by atoms with van der Waals surface area (Å²) in [7, 11) is 1.37. The smallest absolute Gasteiger partial charge is 0.341 e. The molecule has 1 N–H and O–H groups in total. The summed E-state index contributed by atoms with van der Waals surface area (Å²) in [5, 5.41) is 7.59. The van der Waals surface area contributed by atoms with E-state index in [0.717, 1.165) is 30.0 Å². The second-order valence-corrected chi connectivity index (χ2v) is 7.61. The molecule has 0 saturated carbocycles. The molecule has 1 amide bonds.